The van der Waals surface area contributed by atoms with Crippen molar-refractivity contribution in [2.75, 3.05) is 32.7 Å². The van der Waals surface area contributed by atoms with Gasteiger partial charge in [0.25, 0.3) is 5.91 Å². The smallest absolute Gasteiger partial charge is 0.252 e. The topological polar surface area (TPSA) is 105 Å². The summed E-state index contributed by atoms with van der Waals surface area (Å²) in [6.45, 7) is 2.27. The summed E-state index contributed by atoms with van der Waals surface area (Å²) in [7, 11) is 0. The Kier molecular flexibility index (Phi) is 9.48. The van der Waals surface area contributed by atoms with Gasteiger partial charge in [-0.05, 0) is 24.3 Å². The minimum absolute atomic E-state index is 0. The molecule has 7 nitrogen and oxygen atoms in total. The number of nitrogens with two attached hydrogens (primary N) is 1. The highest BCUT2D eigenvalue weighted by molar-refractivity contribution is 7.08. The highest BCUT2D eigenvalue weighted by atomic mass is 35.5. The summed E-state index contributed by atoms with van der Waals surface area (Å²) in [5.74, 6) is -0.406. The van der Waals surface area contributed by atoms with Gasteiger partial charge in [-0.2, -0.15) is 11.3 Å². The second kappa shape index (κ2) is 11.1. The zero-order chi connectivity index (χ0) is 17.4. The van der Waals surface area contributed by atoms with Gasteiger partial charge in [0.2, 0.25) is 11.8 Å². The second-order valence-electron chi connectivity index (χ2n) is 5.78. The minimum Gasteiger partial charge on any atom is -0.355 e. The lowest BCUT2D eigenvalue weighted by molar-refractivity contribution is -0.135. The zero-order valence-corrected chi connectivity index (χ0v) is 15.7. The molecule has 1 saturated heterocycles. The molecular weight excluding hydrogens is 364 g/mol. The number of halogens is 1. The quantitative estimate of drug-likeness (QED) is 0.636. The highest BCUT2D eigenvalue weighted by Crippen LogP contribution is 2.17. The molecule has 1 aliphatic rings. The van der Waals surface area contributed by atoms with Crippen LogP contribution in [0.15, 0.2) is 16.8 Å². The summed E-state index contributed by atoms with van der Waals surface area (Å²) in [5.41, 5.74) is 6.00. The van der Waals surface area contributed by atoms with Crippen LogP contribution < -0.4 is 16.4 Å². The summed E-state index contributed by atoms with van der Waals surface area (Å²) in [5, 5.41) is 9.13. The number of amides is 3. The van der Waals surface area contributed by atoms with Gasteiger partial charge in [-0.3, -0.25) is 14.4 Å². The molecule has 0 saturated carbocycles. The van der Waals surface area contributed by atoms with Crippen molar-refractivity contribution in [3.63, 3.8) is 0 Å². The van der Waals surface area contributed by atoms with Crippen LogP contribution in [-0.2, 0) is 9.59 Å². The van der Waals surface area contributed by atoms with Gasteiger partial charge < -0.3 is 21.3 Å². The Morgan fingerprint density at radius 3 is 2.76 bits per heavy atom. The van der Waals surface area contributed by atoms with Crippen molar-refractivity contribution >= 4 is 41.5 Å². The number of hydrogen-bond donors (Lipinski definition) is 3. The van der Waals surface area contributed by atoms with Gasteiger partial charge >= 0.3 is 0 Å². The molecule has 0 bridgehead atoms. The van der Waals surface area contributed by atoms with E-state index in [0.29, 0.717) is 38.3 Å². The first kappa shape index (κ1) is 21.4. The van der Waals surface area contributed by atoms with Crippen LogP contribution >= 0.6 is 23.7 Å². The van der Waals surface area contributed by atoms with Gasteiger partial charge in [-0.15, -0.1) is 12.4 Å². The number of rotatable bonds is 7. The lowest BCUT2D eigenvalue weighted by Crippen LogP contribution is -2.46. The van der Waals surface area contributed by atoms with E-state index in [2.05, 4.69) is 10.6 Å². The molecule has 0 aliphatic carbocycles. The van der Waals surface area contributed by atoms with E-state index in [1.54, 1.807) is 16.3 Å². The summed E-state index contributed by atoms with van der Waals surface area (Å²) < 4.78 is 0. The fourth-order valence-electron chi connectivity index (χ4n) is 2.69. The van der Waals surface area contributed by atoms with Gasteiger partial charge in [-0.25, -0.2) is 0 Å². The minimum atomic E-state index is -0.172. The number of piperidine rings is 1. The Hall–Kier alpha value is -1.64. The Bertz CT molecular complexity index is 568. The maximum atomic E-state index is 12.3. The molecular formula is C16H25ClN4O3S. The van der Waals surface area contributed by atoms with Crippen molar-refractivity contribution in [2.45, 2.75) is 19.3 Å². The van der Waals surface area contributed by atoms with Crippen LogP contribution in [-0.4, -0.2) is 55.3 Å². The normalized spacial score (nSPS) is 16.7. The molecule has 2 heterocycles. The van der Waals surface area contributed by atoms with E-state index >= 15 is 0 Å². The van der Waals surface area contributed by atoms with E-state index in [0.717, 1.165) is 12.8 Å². The van der Waals surface area contributed by atoms with Crippen LogP contribution in [0.5, 0.6) is 0 Å². The first-order chi connectivity index (χ1) is 11.6. The van der Waals surface area contributed by atoms with Gasteiger partial charge in [0.1, 0.15) is 0 Å². The SMILES string of the molecule is Cl.NCCNC(=O)C1CCCN(C(=O)CCNC(=O)c2ccsc2)C1. The summed E-state index contributed by atoms with van der Waals surface area (Å²) in [4.78, 5) is 37.8. The Morgan fingerprint density at radius 2 is 2.08 bits per heavy atom. The molecule has 4 N–H and O–H groups in total. The summed E-state index contributed by atoms with van der Waals surface area (Å²) in [6.07, 6.45) is 1.84. The van der Waals surface area contributed by atoms with E-state index in [1.165, 1.54) is 11.3 Å². The first-order valence-corrected chi connectivity index (χ1v) is 9.12. The van der Waals surface area contributed by atoms with Crippen molar-refractivity contribution in [2.24, 2.45) is 11.7 Å². The maximum Gasteiger partial charge on any atom is 0.252 e. The predicted octanol–water partition coefficient (Wildman–Crippen LogP) is 0.603. The number of carbonyl (C=O) groups excluding carboxylic acids is 3. The molecule has 1 aromatic heterocycles. The average molecular weight is 389 g/mol. The van der Waals surface area contributed by atoms with Crippen LogP contribution in [0.1, 0.15) is 29.6 Å². The number of carbonyl (C=O) groups is 3. The zero-order valence-electron chi connectivity index (χ0n) is 14.0. The van der Waals surface area contributed by atoms with Crippen LogP contribution in [0.4, 0.5) is 0 Å². The molecule has 0 aromatic carbocycles. The second-order valence-corrected chi connectivity index (χ2v) is 6.56. The highest BCUT2D eigenvalue weighted by Gasteiger charge is 2.27. The molecule has 1 aromatic rings. The van der Waals surface area contributed by atoms with Crippen molar-refractivity contribution in [1.82, 2.24) is 15.5 Å². The molecule has 3 amide bonds. The van der Waals surface area contributed by atoms with Crippen molar-refractivity contribution in [3.05, 3.63) is 22.4 Å². The Balaban J connectivity index is 0.00000312. The lowest BCUT2D eigenvalue weighted by Gasteiger charge is -2.32. The fourth-order valence-corrected chi connectivity index (χ4v) is 3.33. The molecule has 25 heavy (non-hydrogen) atoms. The third kappa shape index (κ3) is 6.64. The standard InChI is InChI=1S/C16H24N4O3S.ClH/c17-5-7-19-15(22)12-2-1-8-20(10-12)14(21)3-6-18-16(23)13-4-9-24-11-13;/h4,9,11-12H,1-3,5-8,10,17H2,(H,18,23)(H,19,22);1H. The number of likely N-dealkylation sites (tertiary alicyclic amines) is 1. The molecule has 1 aliphatic heterocycles. The molecule has 0 spiro atoms. The predicted molar refractivity (Wildman–Crippen MR) is 99.9 cm³/mol. The van der Waals surface area contributed by atoms with Crippen LogP contribution in [0.3, 0.4) is 0 Å². The molecule has 1 unspecified atom stereocenters. The monoisotopic (exact) mass is 388 g/mol. The number of nitrogens with one attached hydrogen (secondary N) is 2. The van der Waals surface area contributed by atoms with Gasteiger partial charge in [0.15, 0.2) is 0 Å². The van der Waals surface area contributed by atoms with E-state index in [4.69, 9.17) is 5.73 Å². The third-order valence-electron chi connectivity index (χ3n) is 4.00. The largest absolute Gasteiger partial charge is 0.355 e. The molecule has 1 atom stereocenters. The van der Waals surface area contributed by atoms with E-state index in [-0.39, 0.29) is 42.5 Å². The number of hydrogen-bond acceptors (Lipinski definition) is 5. The van der Waals surface area contributed by atoms with Crippen LogP contribution in [0.25, 0.3) is 0 Å². The average Bonchev–Trinajstić information content (AvgIpc) is 3.14. The maximum absolute atomic E-state index is 12.3. The van der Waals surface area contributed by atoms with Crippen LogP contribution in [0, 0.1) is 5.92 Å². The number of thiophene rings is 1. The van der Waals surface area contributed by atoms with E-state index in [1.807, 2.05) is 5.38 Å². The summed E-state index contributed by atoms with van der Waals surface area (Å²) in [6, 6.07) is 1.75. The van der Waals surface area contributed by atoms with E-state index in [9.17, 15) is 14.4 Å². The fraction of sp³-hybridized carbons (Fsp3) is 0.562. The van der Waals surface area contributed by atoms with E-state index < -0.39 is 0 Å². The number of nitrogens with zero attached hydrogens (tertiary/aromatic N) is 1. The van der Waals surface area contributed by atoms with Crippen molar-refractivity contribution < 1.29 is 14.4 Å². The summed E-state index contributed by atoms with van der Waals surface area (Å²) >= 11 is 1.46. The third-order valence-corrected chi connectivity index (χ3v) is 4.68. The lowest BCUT2D eigenvalue weighted by atomic mass is 9.97. The first-order valence-electron chi connectivity index (χ1n) is 8.17. The molecule has 0 radical (unpaired) electrons. The molecule has 9 heteroatoms. The molecule has 2 rings (SSSR count). The van der Waals surface area contributed by atoms with Gasteiger partial charge in [0, 0.05) is 50.1 Å². The van der Waals surface area contributed by atoms with Gasteiger partial charge in [-0.1, -0.05) is 0 Å². The van der Waals surface area contributed by atoms with Crippen molar-refractivity contribution in [3.8, 4) is 0 Å². The Labute approximate surface area is 157 Å². The molecule has 1 fully saturated rings. The molecule has 140 valence electrons. The Morgan fingerprint density at radius 1 is 1.28 bits per heavy atom. The van der Waals surface area contributed by atoms with Crippen molar-refractivity contribution in [1.29, 1.82) is 0 Å². The van der Waals surface area contributed by atoms with Gasteiger partial charge in [0.05, 0.1) is 5.92 Å². The van der Waals surface area contributed by atoms with Crippen LogP contribution in [0.2, 0.25) is 0 Å².